The third kappa shape index (κ3) is 4.93. The van der Waals surface area contributed by atoms with E-state index in [1.807, 2.05) is 23.1 Å². The Kier molecular flexibility index (Phi) is 7.26. The van der Waals surface area contributed by atoms with Crippen LogP contribution in [0, 0.1) is 0 Å². The normalized spacial score (nSPS) is 17.9. The van der Waals surface area contributed by atoms with Gasteiger partial charge in [-0.1, -0.05) is 53.4 Å². The summed E-state index contributed by atoms with van der Waals surface area (Å²) in [6, 6.07) is 22.5. The van der Waals surface area contributed by atoms with E-state index in [4.69, 9.17) is 0 Å². The van der Waals surface area contributed by atoms with Crippen LogP contribution in [0.15, 0.2) is 87.8 Å². The molecule has 0 amide bonds. The smallest absolute Gasteiger partial charge is 0.263 e. The highest BCUT2D eigenvalue weighted by Crippen LogP contribution is 2.46. The number of benzene rings is 3. The first-order valence-electron chi connectivity index (χ1n) is 15.1. The van der Waals surface area contributed by atoms with Crippen LogP contribution < -0.4 is 14.4 Å². The zero-order valence-electron chi connectivity index (χ0n) is 24.3. The predicted molar refractivity (Wildman–Crippen MR) is 178 cm³/mol. The van der Waals surface area contributed by atoms with Gasteiger partial charge in [-0.15, -0.1) is 0 Å². The minimum Gasteiger partial charge on any atom is -0.371 e. The summed E-state index contributed by atoms with van der Waals surface area (Å²) in [5, 5.41) is 2.60. The molecule has 3 aliphatic heterocycles. The number of rotatable bonds is 6. The van der Waals surface area contributed by atoms with Crippen molar-refractivity contribution in [1.29, 1.82) is 0 Å². The van der Waals surface area contributed by atoms with E-state index in [0.717, 1.165) is 13.1 Å². The summed E-state index contributed by atoms with van der Waals surface area (Å²) < 4.78 is 3.79. The lowest BCUT2D eigenvalue weighted by Crippen LogP contribution is -2.34. The van der Waals surface area contributed by atoms with Gasteiger partial charge in [0, 0.05) is 42.4 Å². The Labute approximate surface area is 252 Å². The van der Waals surface area contributed by atoms with E-state index < -0.39 is 0 Å². The van der Waals surface area contributed by atoms with Crippen LogP contribution in [0.1, 0.15) is 55.3 Å². The van der Waals surface area contributed by atoms with E-state index in [-0.39, 0.29) is 0 Å². The second-order valence-electron chi connectivity index (χ2n) is 11.3. The molecule has 0 atom stereocenters. The van der Waals surface area contributed by atoms with Gasteiger partial charge in [-0.2, -0.15) is 4.57 Å². The molecule has 1 aromatic heterocycles. The van der Waals surface area contributed by atoms with Crippen LogP contribution in [-0.2, 0) is 19.4 Å². The summed E-state index contributed by atoms with van der Waals surface area (Å²) in [4.78, 5) is 6.43. The summed E-state index contributed by atoms with van der Waals surface area (Å²) in [7, 11) is 0. The van der Waals surface area contributed by atoms with Gasteiger partial charge >= 0.3 is 0 Å². The molecule has 3 aliphatic rings. The molecule has 0 saturated carbocycles. The number of thioether (sulfide) groups is 1. The van der Waals surface area contributed by atoms with E-state index in [1.165, 1.54) is 86.3 Å². The average Bonchev–Trinajstić information content (AvgIpc) is 3.53. The van der Waals surface area contributed by atoms with Crippen molar-refractivity contribution in [1.82, 2.24) is 0 Å². The summed E-state index contributed by atoms with van der Waals surface area (Å²) in [6.07, 6.45) is 12.2. The van der Waals surface area contributed by atoms with Crippen LogP contribution in [0.4, 0.5) is 11.4 Å². The average molecular weight is 577 g/mol. The van der Waals surface area contributed by atoms with E-state index in [2.05, 4.69) is 114 Å². The second-order valence-corrected chi connectivity index (χ2v) is 13.4. The lowest BCUT2D eigenvalue weighted by Gasteiger charge is -2.37. The molecule has 0 N–H and O–H groups in total. The molecule has 0 fully saturated rings. The predicted octanol–water partition coefficient (Wildman–Crippen LogP) is 8.87. The van der Waals surface area contributed by atoms with Gasteiger partial charge in [0.05, 0.1) is 10.7 Å². The maximum absolute atomic E-state index is 2.63. The van der Waals surface area contributed by atoms with Gasteiger partial charge in [0.25, 0.3) is 5.01 Å². The van der Waals surface area contributed by atoms with Crippen LogP contribution >= 0.6 is 23.1 Å². The fourth-order valence-electron chi connectivity index (χ4n) is 6.76. The highest BCUT2D eigenvalue weighted by Gasteiger charge is 2.26. The number of nitrogens with zero attached hydrogens (tertiary/aromatic N) is 3. The zero-order chi connectivity index (χ0) is 27.9. The first-order valence-corrected chi connectivity index (χ1v) is 16.7. The summed E-state index contributed by atoms with van der Waals surface area (Å²) >= 11 is 3.78. The van der Waals surface area contributed by atoms with Crippen LogP contribution in [-0.4, -0.2) is 19.6 Å². The zero-order valence-corrected chi connectivity index (χ0v) is 26.0. The van der Waals surface area contributed by atoms with Crippen molar-refractivity contribution in [2.45, 2.75) is 57.9 Å². The van der Waals surface area contributed by atoms with E-state index in [9.17, 15) is 0 Å². The Morgan fingerprint density at radius 3 is 2.41 bits per heavy atom. The number of anilines is 2. The Balaban J connectivity index is 1.35. The van der Waals surface area contributed by atoms with E-state index in [0.29, 0.717) is 0 Å². The Hall–Kier alpha value is -3.28. The van der Waals surface area contributed by atoms with Crippen molar-refractivity contribution >= 4 is 56.8 Å². The third-order valence-electron chi connectivity index (χ3n) is 8.66. The molecule has 0 spiro atoms. The van der Waals surface area contributed by atoms with Gasteiger partial charge < -0.3 is 9.80 Å². The molecule has 0 aliphatic carbocycles. The van der Waals surface area contributed by atoms with Crippen LogP contribution in [0.25, 0.3) is 22.4 Å². The fraction of sp³-hybridized carbons (Fsp3) is 0.306. The number of allylic oxidation sites excluding steroid dienone is 3. The van der Waals surface area contributed by atoms with Crippen molar-refractivity contribution in [2.24, 2.45) is 0 Å². The first-order chi connectivity index (χ1) is 20.1. The molecule has 3 aromatic carbocycles. The minimum atomic E-state index is 0.953. The summed E-state index contributed by atoms with van der Waals surface area (Å²) in [5.74, 6) is 0. The molecule has 0 saturated heterocycles. The van der Waals surface area contributed by atoms with E-state index >= 15 is 0 Å². The monoisotopic (exact) mass is 576 g/mol. The van der Waals surface area contributed by atoms with Crippen LogP contribution in [0.5, 0.6) is 0 Å². The molecule has 208 valence electrons. The second kappa shape index (κ2) is 11.2. The van der Waals surface area contributed by atoms with Crippen LogP contribution in [0.3, 0.4) is 0 Å². The molecule has 4 heterocycles. The Morgan fingerprint density at radius 2 is 1.66 bits per heavy atom. The molecular weight excluding hydrogens is 539 g/mol. The number of hydrogen-bond donors (Lipinski definition) is 0. The van der Waals surface area contributed by atoms with Gasteiger partial charge in [0.2, 0.25) is 5.52 Å². The van der Waals surface area contributed by atoms with Gasteiger partial charge in [-0.25, -0.2) is 0 Å². The largest absolute Gasteiger partial charge is 0.371 e. The quantitative estimate of drug-likeness (QED) is 0.168. The van der Waals surface area contributed by atoms with Gasteiger partial charge in [0.1, 0.15) is 11.2 Å². The highest BCUT2D eigenvalue weighted by molar-refractivity contribution is 8.03. The maximum atomic E-state index is 2.63. The highest BCUT2D eigenvalue weighted by atomic mass is 32.2. The third-order valence-corrected chi connectivity index (χ3v) is 10.9. The molecule has 0 bridgehead atoms. The van der Waals surface area contributed by atoms with Gasteiger partial charge in [0.15, 0.2) is 0 Å². The van der Waals surface area contributed by atoms with Crippen LogP contribution in [0.2, 0.25) is 0 Å². The van der Waals surface area contributed by atoms with E-state index in [1.54, 1.807) is 16.8 Å². The summed E-state index contributed by atoms with van der Waals surface area (Å²) in [6.45, 7) is 11.1. The van der Waals surface area contributed by atoms with Crippen molar-refractivity contribution < 1.29 is 4.57 Å². The minimum absolute atomic E-state index is 0.953. The number of thiazole rings is 1. The molecule has 4 aromatic rings. The van der Waals surface area contributed by atoms with Crippen molar-refractivity contribution in [3.05, 3.63) is 105 Å². The summed E-state index contributed by atoms with van der Waals surface area (Å²) in [5.41, 5.74) is 11.2. The number of hydrogen-bond acceptors (Lipinski definition) is 4. The van der Waals surface area contributed by atoms with Crippen molar-refractivity contribution in [3.8, 4) is 0 Å². The molecule has 7 rings (SSSR count). The first kappa shape index (κ1) is 26.6. The van der Waals surface area contributed by atoms with Gasteiger partial charge in [-0.3, -0.25) is 0 Å². The number of aromatic nitrogens is 1. The topological polar surface area (TPSA) is 10.4 Å². The fourth-order valence-corrected chi connectivity index (χ4v) is 9.11. The van der Waals surface area contributed by atoms with Crippen molar-refractivity contribution in [3.63, 3.8) is 0 Å². The molecule has 3 nitrogen and oxygen atoms in total. The number of aryl methyl sites for hydroxylation is 3. The number of para-hydroxylation sites is 2. The SMILES string of the molecule is CCN1/C(=C/C(=C/c2sc3ccccc3[n+]2CC)C(/C)=C/c2cc3c4c(c2)CCCN4CCC3)Sc2ccccc21. The molecule has 41 heavy (non-hydrogen) atoms. The standard InChI is InChI=1S/C36H38N3S2/c1-4-38-30-14-6-8-16-32(30)40-34(38)23-29(24-35-39(5-2)31-15-7-9-17-33(31)41-35)25(3)20-26-21-27-12-10-18-37-19-11-13-28(22-26)36(27)37/h6-9,14-17,20-24H,4-5,10-13,18-19H2,1-3H3/q+1. The lowest BCUT2D eigenvalue weighted by molar-refractivity contribution is -0.665. The lowest BCUT2D eigenvalue weighted by atomic mass is 9.89. The molecular formula is C36H38N3S2+. The molecule has 5 heteroatoms. The maximum Gasteiger partial charge on any atom is 0.263 e. The molecule has 0 radical (unpaired) electrons. The van der Waals surface area contributed by atoms with Gasteiger partial charge in [-0.05, 0) is 111 Å². The number of fused-ring (bicyclic) bond motifs is 2. The Morgan fingerprint density at radius 1 is 0.927 bits per heavy atom. The molecule has 0 unspecified atom stereocenters. The Bertz CT molecular complexity index is 1690. The van der Waals surface area contributed by atoms with Crippen molar-refractivity contribution in [2.75, 3.05) is 29.4 Å².